The highest BCUT2D eigenvalue weighted by molar-refractivity contribution is 9.10. The predicted molar refractivity (Wildman–Crippen MR) is 116 cm³/mol. The third-order valence-electron chi connectivity index (χ3n) is 4.75. The van der Waals surface area contributed by atoms with E-state index in [0.717, 1.165) is 43.4 Å². The molecule has 0 amide bonds. The fraction of sp³-hybridized carbons (Fsp3) is 0. The van der Waals surface area contributed by atoms with E-state index in [1.54, 1.807) is 0 Å². The average molecular weight is 411 g/mol. The molecule has 5 aromatic rings. The Morgan fingerprint density at radius 2 is 1.30 bits per heavy atom. The molecule has 0 saturated heterocycles. The molecule has 0 radical (unpaired) electrons. The van der Waals surface area contributed by atoms with Crippen molar-refractivity contribution in [3.8, 4) is 22.6 Å². The van der Waals surface area contributed by atoms with E-state index >= 15 is 0 Å². The second kappa shape index (κ2) is 6.60. The molecular formula is C24H15BrN2. The first-order chi connectivity index (χ1) is 13.3. The fourth-order valence-corrected chi connectivity index (χ4v) is 3.71. The Balaban J connectivity index is 1.82. The molecule has 0 atom stereocenters. The molecule has 0 unspecified atom stereocenters. The lowest BCUT2D eigenvalue weighted by Crippen LogP contribution is -1.95. The quantitative estimate of drug-likeness (QED) is 0.316. The third-order valence-corrected chi connectivity index (χ3v) is 5.28. The van der Waals surface area contributed by atoms with Gasteiger partial charge in [-0.25, -0.2) is 9.97 Å². The molecule has 0 aliphatic rings. The van der Waals surface area contributed by atoms with Crippen molar-refractivity contribution in [1.29, 1.82) is 0 Å². The van der Waals surface area contributed by atoms with Gasteiger partial charge in [0.2, 0.25) is 0 Å². The summed E-state index contributed by atoms with van der Waals surface area (Å²) >= 11 is 3.51. The number of para-hydroxylation sites is 1. The van der Waals surface area contributed by atoms with E-state index in [-0.39, 0.29) is 0 Å². The van der Waals surface area contributed by atoms with E-state index in [2.05, 4.69) is 76.6 Å². The summed E-state index contributed by atoms with van der Waals surface area (Å²) in [5.74, 6) is 0.753. The van der Waals surface area contributed by atoms with Gasteiger partial charge in [-0.1, -0.05) is 88.7 Å². The molecule has 3 heteroatoms. The zero-order valence-corrected chi connectivity index (χ0v) is 16.0. The van der Waals surface area contributed by atoms with Gasteiger partial charge in [0.15, 0.2) is 5.82 Å². The minimum Gasteiger partial charge on any atom is -0.228 e. The summed E-state index contributed by atoms with van der Waals surface area (Å²) in [4.78, 5) is 9.87. The number of nitrogens with zero attached hydrogens (tertiary/aromatic N) is 2. The Morgan fingerprint density at radius 1 is 0.593 bits per heavy atom. The van der Waals surface area contributed by atoms with Gasteiger partial charge >= 0.3 is 0 Å². The first-order valence-electron chi connectivity index (χ1n) is 8.80. The first kappa shape index (κ1) is 16.2. The molecule has 0 fully saturated rings. The van der Waals surface area contributed by atoms with Crippen molar-refractivity contribution in [3.05, 3.63) is 95.5 Å². The van der Waals surface area contributed by atoms with Gasteiger partial charge in [0.05, 0.1) is 11.2 Å². The Kier molecular flexibility index (Phi) is 3.95. The van der Waals surface area contributed by atoms with Crippen LogP contribution in [0.3, 0.4) is 0 Å². The van der Waals surface area contributed by atoms with Crippen LogP contribution < -0.4 is 0 Å². The van der Waals surface area contributed by atoms with E-state index in [1.807, 2.05) is 30.3 Å². The standard InChI is InChI=1S/C24H15BrN2/c25-18-14-12-17(13-15-18)23-21-9-3-4-11-22(21)26-24(27-23)20-10-5-7-16-6-1-2-8-19(16)20/h1-15H. The molecule has 27 heavy (non-hydrogen) atoms. The van der Waals surface area contributed by atoms with Crippen LogP contribution in [-0.2, 0) is 0 Å². The first-order valence-corrected chi connectivity index (χ1v) is 9.60. The van der Waals surface area contributed by atoms with Gasteiger partial charge in [0.25, 0.3) is 0 Å². The molecule has 4 aromatic carbocycles. The van der Waals surface area contributed by atoms with E-state index < -0.39 is 0 Å². The van der Waals surface area contributed by atoms with Crippen LogP contribution in [0.25, 0.3) is 44.3 Å². The lowest BCUT2D eigenvalue weighted by atomic mass is 10.0. The molecule has 2 nitrogen and oxygen atoms in total. The van der Waals surface area contributed by atoms with Crippen LogP contribution in [0.2, 0.25) is 0 Å². The van der Waals surface area contributed by atoms with Crippen molar-refractivity contribution in [1.82, 2.24) is 9.97 Å². The summed E-state index contributed by atoms with van der Waals surface area (Å²) in [6, 6.07) is 31.1. The summed E-state index contributed by atoms with van der Waals surface area (Å²) in [7, 11) is 0. The lowest BCUT2D eigenvalue weighted by Gasteiger charge is -2.11. The summed E-state index contributed by atoms with van der Waals surface area (Å²) in [6.07, 6.45) is 0. The van der Waals surface area contributed by atoms with Gasteiger partial charge < -0.3 is 0 Å². The zero-order valence-electron chi connectivity index (χ0n) is 14.4. The molecule has 0 saturated carbocycles. The van der Waals surface area contributed by atoms with E-state index in [4.69, 9.17) is 9.97 Å². The Morgan fingerprint density at radius 3 is 2.15 bits per heavy atom. The van der Waals surface area contributed by atoms with Crippen LogP contribution in [0.5, 0.6) is 0 Å². The molecule has 0 aliphatic carbocycles. The van der Waals surface area contributed by atoms with Gasteiger partial charge in [-0.15, -0.1) is 0 Å². The van der Waals surface area contributed by atoms with Crippen molar-refractivity contribution in [2.75, 3.05) is 0 Å². The number of benzene rings is 4. The summed E-state index contributed by atoms with van der Waals surface area (Å²) in [6.45, 7) is 0. The second-order valence-electron chi connectivity index (χ2n) is 6.45. The third kappa shape index (κ3) is 2.90. The van der Waals surface area contributed by atoms with E-state index in [9.17, 15) is 0 Å². The van der Waals surface area contributed by atoms with Crippen LogP contribution in [-0.4, -0.2) is 9.97 Å². The highest BCUT2D eigenvalue weighted by Gasteiger charge is 2.13. The average Bonchev–Trinajstić information content (AvgIpc) is 2.73. The molecule has 0 aliphatic heterocycles. The lowest BCUT2D eigenvalue weighted by molar-refractivity contribution is 1.23. The number of hydrogen-bond acceptors (Lipinski definition) is 2. The number of rotatable bonds is 2. The molecule has 0 bridgehead atoms. The summed E-state index contributed by atoms with van der Waals surface area (Å²) < 4.78 is 1.05. The zero-order chi connectivity index (χ0) is 18.2. The van der Waals surface area contributed by atoms with E-state index in [0.29, 0.717) is 0 Å². The van der Waals surface area contributed by atoms with Gasteiger partial charge in [-0.2, -0.15) is 0 Å². The van der Waals surface area contributed by atoms with Crippen molar-refractivity contribution in [2.24, 2.45) is 0 Å². The molecular weight excluding hydrogens is 396 g/mol. The van der Waals surface area contributed by atoms with Gasteiger partial charge in [0, 0.05) is 21.0 Å². The SMILES string of the molecule is Brc1ccc(-c2nc(-c3cccc4ccccc34)nc3ccccc23)cc1. The predicted octanol–water partition coefficient (Wildman–Crippen LogP) is 6.88. The van der Waals surface area contributed by atoms with Crippen molar-refractivity contribution >= 4 is 37.6 Å². The Bertz CT molecular complexity index is 1270. The maximum absolute atomic E-state index is 4.99. The van der Waals surface area contributed by atoms with Gasteiger partial charge in [-0.3, -0.25) is 0 Å². The molecule has 128 valence electrons. The summed E-state index contributed by atoms with van der Waals surface area (Å²) in [5, 5.41) is 3.41. The number of halogens is 1. The van der Waals surface area contributed by atoms with Crippen molar-refractivity contribution in [3.63, 3.8) is 0 Å². The molecule has 0 spiro atoms. The van der Waals surface area contributed by atoms with Crippen LogP contribution >= 0.6 is 15.9 Å². The minimum atomic E-state index is 0.753. The molecule has 1 aromatic heterocycles. The number of aromatic nitrogens is 2. The molecule has 0 N–H and O–H groups in total. The van der Waals surface area contributed by atoms with Gasteiger partial charge in [-0.05, 0) is 29.0 Å². The van der Waals surface area contributed by atoms with Crippen molar-refractivity contribution in [2.45, 2.75) is 0 Å². The molecule has 5 rings (SSSR count). The largest absolute Gasteiger partial charge is 0.228 e. The van der Waals surface area contributed by atoms with E-state index in [1.165, 1.54) is 5.39 Å². The maximum atomic E-state index is 4.99. The smallest absolute Gasteiger partial charge is 0.161 e. The van der Waals surface area contributed by atoms with Crippen LogP contribution in [0.1, 0.15) is 0 Å². The van der Waals surface area contributed by atoms with Crippen LogP contribution in [0, 0.1) is 0 Å². The number of fused-ring (bicyclic) bond motifs is 2. The van der Waals surface area contributed by atoms with Gasteiger partial charge in [0.1, 0.15) is 0 Å². The monoisotopic (exact) mass is 410 g/mol. The second-order valence-corrected chi connectivity index (χ2v) is 7.36. The Labute approximate surface area is 165 Å². The highest BCUT2D eigenvalue weighted by atomic mass is 79.9. The fourth-order valence-electron chi connectivity index (χ4n) is 3.45. The maximum Gasteiger partial charge on any atom is 0.161 e. The van der Waals surface area contributed by atoms with Crippen molar-refractivity contribution < 1.29 is 0 Å². The normalized spacial score (nSPS) is 11.1. The molecule has 1 heterocycles. The van der Waals surface area contributed by atoms with Crippen LogP contribution in [0.4, 0.5) is 0 Å². The topological polar surface area (TPSA) is 25.8 Å². The van der Waals surface area contributed by atoms with Crippen LogP contribution in [0.15, 0.2) is 95.5 Å². The Hall–Kier alpha value is -3.04. The highest BCUT2D eigenvalue weighted by Crippen LogP contribution is 2.32. The number of hydrogen-bond donors (Lipinski definition) is 0. The minimum absolute atomic E-state index is 0.753. The summed E-state index contributed by atoms with van der Waals surface area (Å²) in [5.41, 5.74) is 4.04.